The molecule has 0 N–H and O–H groups in total. The number of cyclic esters (lactones) is 1. The van der Waals surface area contributed by atoms with Gasteiger partial charge in [-0.15, -0.1) is 11.3 Å². The number of carbonyl (C=O) groups is 1. The quantitative estimate of drug-likeness (QED) is 0.598. The van der Waals surface area contributed by atoms with Crippen molar-refractivity contribution in [2.45, 2.75) is 12.6 Å². The van der Waals surface area contributed by atoms with E-state index in [4.69, 9.17) is 4.74 Å². The van der Waals surface area contributed by atoms with Crippen molar-refractivity contribution >= 4 is 27.5 Å². The SMILES string of the molecule is O=C1OCCc2ccc(-c3nc4cc(C(F)(F)F)ccc4s3)cc21. The molecule has 24 heavy (non-hydrogen) atoms. The van der Waals surface area contributed by atoms with E-state index in [0.717, 1.165) is 17.7 Å². The summed E-state index contributed by atoms with van der Waals surface area (Å²) in [6, 6.07) is 8.89. The van der Waals surface area contributed by atoms with Gasteiger partial charge in [-0.25, -0.2) is 9.78 Å². The summed E-state index contributed by atoms with van der Waals surface area (Å²) in [4.78, 5) is 16.1. The summed E-state index contributed by atoms with van der Waals surface area (Å²) in [5.74, 6) is -0.376. The third-order valence-corrected chi connectivity index (χ3v) is 4.98. The van der Waals surface area contributed by atoms with Gasteiger partial charge in [0.05, 0.1) is 28.0 Å². The summed E-state index contributed by atoms with van der Waals surface area (Å²) in [5, 5.41) is 0.575. The van der Waals surface area contributed by atoms with E-state index in [1.54, 1.807) is 6.07 Å². The van der Waals surface area contributed by atoms with Crippen LogP contribution in [0, 0.1) is 0 Å². The molecular weight excluding hydrogens is 339 g/mol. The first-order valence-electron chi connectivity index (χ1n) is 7.20. The van der Waals surface area contributed by atoms with Crippen molar-refractivity contribution in [2.75, 3.05) is 6.61 Å². The molecule has 0 saturated carbocycles. The summed E-state index contributed by atoms with van der Waals surface area (Å²) in [6.45, 7) is 0.368. The second kappa shape index (κ2) is 5.31. The van der Waals surface area contributed by atoms with Gasteiger partial charge in [-0.05, 0) is 29.8 Å². The van der Waals surface area contributed by atoms with E-state index in [0.29, 0.717) is 39.4 Å². The summed E-state index contributed by atoms with van der Waals surface area (Å²) >= 11 is 1.29. The number of halogens is 3. The van der Waals surface area contributed by atoms with Crippen LogP contribution in [0.5, 0.6) is 0 Å². The van der Waals surface area contributed by atoms with Crippen LogP contribution < -0.4 is 0 Å². The predicted octanol–water partition coefficient (Wildman–Crippen LogP) is 4.70. The first-order chi connectivity index (χ1) is 11.4. The fourth-order valence-corrected chi connectivity index (χ4v) is 3.62. The van der Waals surface area contributed by atoms with Crippen LogP contribution in [0.15, 0.2) is 36.4 Å². The van der Waals surface area contributed by atoms with E-state index in [1.807, 2.05) is 12.1 Å². The fourth-order valence-electron chi connectivity index (χ4n) is 2.68. The first-order valence-corrected chi connectivity index (χ1v) is 8.02. The molecule has 0 radical (unpaired) electrons. The van der Waals surface area contributed by atoms with Crippen molar-refractivity contribution in [1.29, 1.82) is 0 Å². The Bertz CT molecular complexity index is 962. The van der Waals surface area contributed by atoms with E-state index >= 15 is 0 Å². The summed E-state index contributed by atoms with van der Waals surface area (Å²) in [5.41, 5.74) is 1.68. The number of carbonyl (C=O) groups excluding carboxylic acids is 1. The molecule has 3 nitrogen and oxygen atoms in total. The average Bonchev–Trinajstić information content (AvgIpc) is 2.97. The second-order valence-corrected chi connectivity index (χ2v) is 6.49. The number of esters is 1. The van der Waals surface area contributed by atoms with Gasteiger partial charge in [0.15, 0.2) is 0 Å². The molecule has 4 rings (SSSR count). The third kappa shape index (κ3) is 2.54. The standard InChI is InChI=1S/C17H10F3NO2S/c18-17(19,20)11-3-4-14-13(8-11)21-15(24-14)10-2-1-9-5-6-23-16(22)12(9)7-10/h1-4,7-8H,5-6H2. The van der Waals surface area contributed by atoms with Crippen LogP contribution in [0.2, 0.25) is 0 Å². The Kier molecular flexibility index (Phi) is 3.35. The molecule has 0 unspecified atom stereocenters. The van der Waals surface area contributed by atoms with E-state index in [-0.39, 0.29) is 5.97 Å². The number of hydrogen-bond donors (Lipinski definition) is 0. The Morgan fingerprint density at radius 3 is 2.75 bits per heavy atom. The van der Waals surface area contributed by atoms with Gasteiger partial charge in [-0.2, -0.15) is 13.2 Å². The lowest BCUT2D eigenvalue weighted by molar-refractivity contribution is -0.137. The van der Waals surface area contributed by atoms with Crippen LogP contribution in [0.1, 0.15) is 21.5 Å². The maximum atomic E-state index is 12.8. The van der Waals surface area contributed by atoms with E-state index in [1.165, 1.54) is 17.4 Å². The number of fused-ring (bicyclic) bond motifs is 2. The van der Waals surface area contributed by atoms with Gasteiger partial charge in [-0.1, -0.05) is 12.1 Å². The Morgan fingerprint density at radius 2 is 1.96 bits per heavy atom. The molecule has 0 atom stereocenters. The van der Waals surface area contributed by atoms with E-state index in [9.17, 15) is 18.0 Å². The van der Waals surface area contributed by atoms with E-state index < -0.39 is 11.7 Å². The fraction of sp³-hybridized carbons (Fsp3) is 0.176. The second-order valence-electron chi connectivity index (χ2n) is 5.46. The highest BCUT2D eigenvalue weighted by Gasteiger charge is 2.30. The van der Waals surface area contributed by atoms with Gasteiger partial charge >= 0.3 is 12.1 Å². The molecule has 0 fully saturated rings. The predicted molar refractivity (Wildman–Crippen MR) is 84.0 cm³/mol. The lowest BCUT2D eigenvalue weighted by Gasteiger charge is -2.15. The summed E-state index contributed by atoms with van der Waals surface area (Å²) < 4.78 is 44.1. The summed E-state index contributed by atoms with van der Waals surface area (Å²) in [7, 11) is 0. The van der Waals surface area contributed by atoms with Gasteiger partial charge in [0.2, 0.25) is 0 Å². The number of alkyl halides is 3. The molecule has 1 aliphatic heterocycles. The van der Waals surface area contributed by atoms with Crippen molar-refractivity contribution < 1.29 is 22.7 Å². The number of rotatable bonds is 1. The topological polar surface area (TPSA) is 39.2 Å². The molecule has 0 saturated heterocycles. The molecule has 1 aromatic heterocycles. The molecule has 122 valence electrons. The van der Waals surface area contributed by atoms with E-state index in [2.05, 4.69) is 4.98 Å². The molecule has 1 aliphatic rings. The van der Waals surface area contributed by atoms with Crippen LogP contribution in [-0.2, 0) is 17.3 Å². The zero-order valence-corrected chi connectivity index (χ0v) is 13.0. The van der Waals surface area contributed by atoms with Crippen LogP contribution in [-0.4, -0.2) is 17.6 Å². The van der Waals surface area contributed by atoms with Gasteiger partial charge in [0, 0.05) is 12.0 Å². The van der Waals surface area contributed by atoms with Gasteiger partial charge in [0.25, 0.3) is 0 Å². The highest BCUT2D eigenvalue weighted by atomic mass is 32.1. The van der Waals surface area contributed by atoms with Crippen LogP contribution in [0.25, 0.3) is 20.8 Å². The highest BCUT2D eigenvalue weighted by Crippen LogP contribution is 2.36. The van der Waals surface area contributed by atoms with Crippen LogP contribution >= 0.6 is 11.3 Å². The Balaban J connectivity index is 1.79. The molecule has 3 aromatic rings. The number of hydrogen-bond acceptors (Lipinski definition) is 4. The molecule has 0 spiro atoms. The van der Waals surface area contributed by atoms with Crippen molar-refractivity contribution in [2.24, 2.45) is 0 Å². The summed E-state index contributed by atoms with van der Waals surface area (Å²) in [6.07, 6.45) is -3.73. The van der Waals surface area contributed by atoms with Crippen molar-refractivity contribution in [1.82, 2.24) is 4.98 Å². The van der Waals surface area contributed by atoms with Crippen LogP contribution in [0.4, 0.5) is 13.2 Å². The first kappa shape index (κ1) is 15.1. The Morgan fingerprint density at radius 1 is 1.12 bits per heavy atom. The molecule has 0 amide bonds. The van der Waals surface area contributed by atoms with Crippen molar-refractivity contribution in [3.63, 3.8) is 0 Å². The Hall–Kier alpha value is -2.41. The number of aromatic nitrogens is 1. The van der Waals surface area contributed by atoms with Gasteiger partial charge in [0.1, 0.15) is 5.01 Å². The number of nitrogens with zero attached hydrogens (tertiary/aromatic N) is 1. The van der Waals surface area contributed by atoms with Gasteiger partial charge in [-0.3, -0.25) is 0 Å². The Labute approximate surface area is 138 Å². The average molecular weight is 349 g/mol. The minimum atomic E-state index is -4.40. The number of thiazole rings is 1. The molecule has 7 heteroatoms. The minimum Gasteiger partial charge on any atom is -0.462 e. The maximum absolute atomic E-state index is 12.8. The number of ether oxygens (including phenoxy) is 1. The monoisotopic (exact) mass is 349 g/mol. The highest BCUT2D eigenvalue weighted by molar-refractivity contribution is 7.21. The number of benzene rings is 2. The lowest BCUT2D eigenvalue weighted by atomic mass is 10.0. The molecule has 0 aliphatic carbocycles. The zero-order valence-electron chi connectivity index (χ0n) is 12.2. The lowest BCUT2D eigenvalue weighted by Crippen LogP contribution is -2.17. The molecule has 2 heterocycles. The minimum absolute atomic E-state index is 0.296. The van der Waals surface area contributed by atoms with Gasteiger partial charge < -0.3 is 4.74 Å². The van der Waals surface area contributed by atoms with Crippen molar-refractivity contribution in [3.05, 3.63) is 53.1 Å². The maximum Gasteiger partial charge on any atom is 0.416 e. The molecular formula is C17H10F3NO2S. The molecule has 2 aromatic carbocycles. The largest absolute Gasteiger partial charge is 0.462 e. The van der Waals surface area contributed by atoms with Crippen molar-refractivity contribution in [3.8, 4) is 10.6 Å². The molecule has 0 bridgehead atoms. The smallest absolute Gasteiger partial charge is 0.416 e. The third-order valence-electron chi connectivity index (χ3n) is 3.90. The van der Waals surface area contributed by atoms with Crippen LogP contribution in [0.3, 0.4) is 0 Å². The zero-order chi connectivity index (χ0) is 16.9. The normalized spacial score (nSPS) is 14.5.